The van der Waals surface area contributed by atoms with Crippen molar-refractivity contribution in [3.05, 3.63) is 35.4 Å². The van der Waals surface area contributed by atoms with E-state index in [1.165, 1.54) is 0 Å². The summed E-state index contributed by atoms with van der Waals surface area (Å²) in [4.78, 5) is 15.8. The van der Waals surface area contributed by atoms with Gasteiger partial charge in [0.25, 0.3) is 0 Å². The number of rotatable bonds is 11. The van der Waals surface area contributed by atoms with Crippen LogP contribution >= 0.6 is 0 Å². The molecule has 1 aromatic carbocycles. The molecule has 0 fully saturated rings. The van der Waals surface area contributed by atoms with Crippen molar-refractivity contribution in [1.82, 2.24) is 10.6 Å². The maximum atomic E-state index is 11.6. The maximum Gasteiger partial charge on any atom is 0.338 e. The zero-order valence-corrected chi connectivity index (χ0v) is 15.6. The highest BCUT2D eigenvalue weighted by Crippen LogP contribution is 2.06. The number of carbonyl (C=O) groups excluding carboxylic acids is 1. The lowest BCUT2D eigenvalue weighted by molar-refractivity contribution is 0.0526. The number of esters is 1. The first-order valence-corrected chi connectivity index (χ1v) is 8.99. The minimum absolute atomic E-state index is 0.291. The zero-order chi connectivity index (χ0) is 18.3. The summed E-state index contributed by atoms with van der Waals surface area (Å²) in [6.07, 6.45) is 3.22. The highest BCUT2D eigenvalue weighted by molar-refractivity contribution is 5.89. The third-order valence-corrected chi connectivity index (χ3v) is 3.55. The quantitative estimate of drug-likeness (QED) is 0.278. The first kappa shape index (κ1) is 21.0. The molecule has 0 saturated heterocycles. The van der Waals surface area contributed by atoms with Crippen molar-refractivity contribution >= 4 is 11.9 Å². The zero-order valence-electron chi connectivity index (χ0n) is 15.6. The molecule has 1 aromatic rings. The molecule has 0 heterocycles. The molecule has 0 aliphatic rings. The van der Waals surface area contributed by atoms with Crippen molar-refractivity contribution in [3.8, 4) is 0 Å². The number of hydrogen-bond donors (Lipinski definition) is 2. The van der Waals surface area contributed by atoms with Gasteiger partial charge in [0.2, 0.25) is 0 Å². The molecule has 0 aliphatic carbocycles. The monoisotopic (exact) mass is 349 g/mol. The maximum absolute atomic E-state index is 11.6. The standard InChI is InChI=1S/C19H31N3O3/c1-4-6-13-24-14-7-12-21-19(20-3)22-15-16-8-10-17(11-9-16)18(23)25-5-2/h8-11H,4-7,12-15H2,1-3H3,(H2,20,21,22). The smallest absolute Gasteiger partial charge is 0.338 e. The number of benzene rings is 1. The number of hydrogen-bond acceptors (Lipinski definition) is 4. The van der Waals surface area contributed by atoms with Crippen LogP contribution in [-0.2, 0) is 16.0 Å². The summed E-state index contributed by atoms with van der Waals surface area (Å²) in [7, 11) is 1.75. The molecule has 6 nitrogen and oxygen atoms in total. The van der Waals surface area contributed by atoms with Crippen LogP contribution in [0.1, 0.15) is 49.0 Å². The minimum Gasteiger partial charge on any atom is -0.462 e. The Hall–Kier alpha value is -2.08. The lowest BCUT2D eigenvalue weighted by Crippen LogP contribution is -2.37. The van der Waals surface area contributed by atoms with Crippen molar-refractivity contribution in [3.63, 3.8) is 0 Å². The van der Waals surface area contributed by atoms with Gasteiger partial charge in [-0.05, 0) is 37.5 Å². The Balaban J connectivity index is 2.26. The fourth-order valence-corrected chi connectivity index (χ4v) is 2.11. The Morgan fingerprint density at radius 1 is 1.08 bits per heavy atom. The highest BCUT2D eigenvalue weighted by Gasteiger charge is 2.05. The fourth-order valence-electron chi connectivity index (χ4n) is 2.11. The van der Waals surface area contributed by atoms with E-state index >= 15 is 0 Å². The number of unbranched alkanes of at least 4 members (excludes halogenated alkanes) is 1. The molecule has 1 rings (SSSR count). The van der Waals surface area contributed by atoms with Crippen molar-refractivity contribution in [2.24, 2.45) is 4.99 Å². The highest BCUT2D eigenvalue weighted by atomic mass is 16.5. The van der Waals surface area contributed by atoms with Crippen molar-refractivity contribution in [2.75, 3.05) is 33.4 Å². The van der Waals surface area contributed by atoms with Crippen LogP contribution in [0.3, 0.4) is 0 Å². The van der Waals surface area contributed by atoms with E-state index in [9.17, 15) is 4.79 Å². The van der Waals surface area contributed by atoms with Gasteiger partial charge < -0.3 is 20.1 Å². The molecule has 0 aliphatic heterocycles. The molecular formula is C19H31N3O3. The Morgan fingerprint density at radius 2 is 1.80 bits per heavy atom. The lowest BCUT2D eigenvalue weighted by Gasteiger charge is -2.12. The molecule has 0 radical (unpaired) electrons. The molecule has 2 N–H and O–H groups in total. The third kappa shape index (κ3) is 9.10. The first-order chi connectivity index (χ1) is 12.2. The summed E-state index contributed by atoms with van der Waals surface area (Å²) in [5.74, 6) is 0.462. The SMILES string of the molecule is CCCCOCCCNC(=NC)NCc1ccc(C(=O)OCC)cc1. The van der Waals surface area contributed by atoms with E-state index in [0.717, 1.165) is 50.5 Å². The topological polar surface area (TPSA) is 72.0 Å². The number of ether oxygens (including phenoxy) is 2. The van der Waals surface area contributed by atoms with E-state index < -0.39 is 0 Å². The lowest BCUT2D eigenvalue weighted by atomic mass is 10.1. The minimum atomic E-state index is -0.291. The predicted molar refractivity (Wildman–Crippen MR) is 101 cm³/mol. The van der Waals surface area contributed by atoms with E-state index in [1.807, 2.05) is 12.1 Å². The molecule has 0 spiro atoms. The number of guanidine groups is 1. The number of nitrogens with zero attached hydrogens (tertiary/aromatic N) is 1. The largest absolute Gasteiger partial charge is 0.462 e. The molecule has 0 amide bonds. The molecule has 25 heavy (non-hydrogen) atoms. The first-order valence-electron chi connectivity index (χ1n) is 8.99. The normalized spacial score (nSPS) is 11.2. The summed E-state index contributed by atoms with van der Waals surface area (Å²) in [5, 5.41) is 6.51. The van der Waals surface area contributed by atoms with Crippen LogP contribution in [-0.4, -0.2) is 45.3 Å². The Kier molecular flexibility index (Phi) is 11.1. The average Bonchev–Trinajstić information content (AvgIpc) is 2.64. The predicted octanol–water partition coefficient (Wildman–Crippen LogP) is 2.74. The van der Waals surface area contributed by atoms with Gasteiger partial charge in [-0.2, -0.15) is 0 Å². The van der Waals surface area contributed by atoms with Crippen LogP contribution in [0.2, 0.25) is 0 Å². The van der Waals surface area contributed by atoms with Gasteiger partial charge in [-0.25, -0.2) is 4.79 Å². The van der Waals surface area contributed by atoms with Crippen LogP contribution in [0.25, 0.3) is 0 Å². The average molecular weight is 349 g/mol. The Morgan fingerprint density at radius 3 is 2.44 bits per heavy atom. The Bertz CT molecular complexity index is 515. The van der Waals surface area contributed by atoms with E-state index in [4.69, 9.17) is 9.47 Å². The summed E-state index contributed by atoms with van der Waals surface area (Å²) < 4.78 is 10.5. The molecule has 6 heteroatoms. The number of aliphatic imine (C=N–C) groups is 1. The van der Waals surface area contributed by atoms with Gasteiger partial charge in [0.1, 0.15) is 0 Å². The van der Waals surface area contributed by atoms with E-state index in [0.29, 0.717) is 18.7 Å². The summed E-state index contributed by atoms with van der Waals surface area (Å²) >= 11 is 0. The number of nitrogens with one attached hydrogen (secondary N) is 2. The van der Waals surface area contributed by atoms with Gasteiger partial charge >= 0.3 is 5.97 Å². The molecule has 140 valence electrons. The molecule has 0 aromatic heterocycles. The Labute approximate surface area is 151 Å². The molecule has 0 bridgehead atoms. The van der Waals surface area contributed by atoms with Crippen LogP contribution in [0.5, 0.6) is 0 Å². The van der Waals surface area contributed by atoms with Gasteiger partial charge in [-0.3, -0.25) is 4.99 Å². The molecule has 0 saturated carbocycles. The van der Waals surface area contributed by atoms with Crippen LogP contribution in [0.15, 0.2) is 29.3 Å². The fraction of sp³-hybridized carbons (Fsp3) is 0.579. The van der Waals surface area contributed by atoms with Gasteiger partial charge in [-0.15, -0.1) is 0 Å². The van der Waals surface area contributed by atoms with E-state index in [2.05, 4.69) is 22.5 Å². The van der Waals surface area contributed by atoms with Gasteiger partial charge in [0.05, 0.1) is 12.2 Å². The molecule has 0 unspecified atom stereocenters. The molecule has 0 atom stereocenters. The third-order valence-electron chi connectivity index (χ3n) is 3.55. The van der Waals surface area contributed by atoms with Crippen LogP contribution < -0.4 is 10.6 Å². The van der Waals surface area contributed by atoms with E-state index in [1.54, 1.807) is 26.1 Å². The van der Waals surface area contributed by atoms with Crippen molar-refractivity contribution in [2.45, 2.75) is 39.7 Å². The van der Waals surface area contributed by atoms with E-state index in [-0.39, 0.29) is 5.97 Å². The van der Waals surface area contributed by atoms with Crippen LogP contribution in [0, 0.1) is 0 Å². The van der Waals surface area contributed by atoms with Gasteiger partial charge in [-0.1, -0.05) is 25.5 Å². The second-order valence-electron chi connectivity index (χ2n) is 5.59. The summed E-state index contributed by atoms with van der Waals surface area (Å²) in [6.45, 7) is 7.39. The molecular weight excluding hydrogens is 318 g/mol. The second kappa shape index (κ2) is 13.2. The van der Waals surface area contributed by atoms with Gasteiger partial charge in [0, 0.05) is 33.4 Å². The second-order valence-corrected chi connectivity index (χ2v) is 5.59. The van der Waals surface area contributed by atoms with Gasteiger partial charge in [0.15, 0.2) is 5.96 Å². The van der Waals surface area contributed by atoms with Crippen molar-refractivity contribution in [1.29, 1.82) is 0 Å². The summed E-state index contributed by atoms with van der Waals surface area (Å²) in [6, 6.07) is 7.37. The van der Waals surface area contributed by atoms with Crippen LogP contribution in [0.4, 0.5) is 0 Å². The van der Waals surface area contributed by atoms with Crippen molar-refractivity contribution < 1.29 is 14.3 Å². The summed E-state index contributed by atoms with van der Waals surface area (Å²) in [5.41, 5.74) is 1.63. The number of carbonyl (C=O) groups is 1.